The van der Waals surface area contributed by atoms with Crippen LogP contribution in [0.25, 0.3) is 0 Å². The van der Waals surface area contributed by atoms with E-state index < -0.39 is 11.5 Å². The van der Waals surface area contributed by atoms with Gasteiger partial charge in [0.05, 0.1) is 18.3 Å². The molecule has 0 radical (unpaired) electrons. The normalized spacial score (nSPS) is 11.7. The summed E-state index contributed by atoms with van der Waals surface area (Å²) in [5.41, 5.74) is 0.0282. The van der Waals surface area contributed by atoms with E-state index in [2.05, 4.69) is 5.10 Å². The Kier molecular flexibility index (Phi) is 2.62. The summed E-state index contributed by atoms with van der Waals surface area (Å²) in [5, 5.41) is 31.2. The third-order valence-corrected chi connectivity index (χ3v) is 1.88. The smallest absolute Gasteiger partial charge is 0.0786 e. The van der Waals surface area contributed by atoms with E-state index >= 15 is 0 Å². The second kappa shape index (κ2) is 3.42. The molecule has 0 amide bonds. The van der Waals surface area contributed by atoms with Gasteiger partial charge in [0.15, 0.2) is 0 Å². The number of hydrogen-bond acceptors (Lipinski definition) is 4. The molecular weight excluding hydrogens is 182 g/mol. The Hall–Kier alpha value is -1.36. The number of nitrogens with one attached hydrogen (secondary N) is 1. The second-order valence-corrected chi connectivity index (χ2v) is 3.94. The van der Waals surface area contributed by atoms with Gasteiger partial charge in [-0.25, -0.2) is 0 Å². The Balaban J connectivity index is 2.96. The summed E-state index contributed by atoms with van der Waals surface area (Å²) in [5.74, 6) is -0.746. The summed E-state index contributed by atoms with van der Waals surface area (Å²) in [4.78, 5) is 0. The topological polar surface area (TPSA) is 85.0 Å². The Labute approximate surface area is 82.5 Å². The lowest BCUT2D eigenvalue weighted by Gasteiger charge is -2.18. The van der Waals surface area contributed by atoms with Crippen LogP contribution < -0.4 is 5.11 Å². The summed E-state index contributed by atoms with van der Waals surface area (Å²) in [6.07, 6.45) is 1.36. The van der Waals surface area contributed by atoms with Gasteiger partial charge in [0.2, 0.25) is 0 Å². The molecule has 14 heavy (non-hydrogen) atoms. The number of hydrogen-bond donors (Lipinski definition) is 2. The SMILES string of the molecule is Cc1c(C(=N)[O-])cnn1CC(C)(C)O. The van der Waals surface area contributed by atoms with Gasteiger partial charge in [0.1, 0.15) is 0 Å². The van der Waals surface area contributed by atoms with Crippen molar-refractivity contribution in [2.75, 3.05) is 0 Å². The molecular formula is C9H14N3O2-. The molecule has 1 rings (SSSR count). The molecule has 1 heterocycles. The van der Waals surface area contributed by atoms with Gasteiger partial charge in [0.25, 0.3) is 0 Å². The van der Waals surface area contributed by atoms with Crippen LogP contribution in [0.5, 0.6) is 0 Å². The fourth-order valence-electron chi connectivity index (χ4n) is 1.20. The third kappa shape index (κ3) is 2.32. The van der Waals surface area contributed by atoms with Crippen molar-refractivity contribution >= 4 is 5.90 Å². The van der Waals surface area contributed by atoms with E-state index in [0.29, 0.717) is 12.2 Å². The van der Waals surface area contributed by atoms with E-state index in [-0.39, 0.29) is 5.56 Å². The Bertz CT molecular complexity index is 349. The molecule has 0 saturated carbocycles. The zero-order valence-corrected chi connectivity index (χ0v) is 8.53. The molecule has 0 spiro atoms. The van der Waals surface area contributed by atoms with Gasteiger partial charge in [-0.15, -0.1) is 0 Å². The van der Waals surface area contributed by atoms with Crippen LogP contribution in [0.1, 0.15) is 25.1 Å². The number of nitrogens with zero attached hydrogens (tertiary/aromatic N) is 2. The first-order chi connectivity index (χ1) is 6.31. The maximum absolute atomic E-state index is 10.8. The van der Waals surface area contributed by atoms with E-state index in [1.807, 2.05) is 0 Å². The van der Waals surface area contributed by atoms with Crippen molar-refractivity contribution in [1.29, 1.82) is 5.41 Å². The highest BCUT2D eigenvalue weighted by atomic mass is 16.3. The number of aromatic nitrogens is 2. The van der Waals surface area contributed by atoms with Gasteiger partial charge in [-0.2, -0.15) is 5.10 Å². The molecule has 0 bridgehead atoms. The average molecular weight is 196 g/mol. The predicted octanol–water partition coefficient (Wildman–Crippen LogP) is -0.352. The summed E-state index contributed by atoms with van der Waals surface area (Å²) >= 11 is 0. The summed E-state index contributed by atoms with van der Waals surface area (Å²) in [6, 6.07) is 0. The van der Waals surface area contributed by atoms with Crippen molar-refractivity contribution in [1.82, 2.24) is 9.78 Å². The highest BCUT2D eigenvalue weighted by Gasteiger charge is 2.16. The molecule has 0 aromatic carbocycles. The van der Waals surface area contributed by atoms with Crippen molar-refractivity contribution in [3.05, 3.63) is 17.5 Å². The quantitative estimate of drug-likeness (QED) is 0.511. The van der Waals surface area contributed by atoms with E-state index in [0.717, 1.165) is 0 Å². The molecule has 78 valence electrons. The maximum atomic E-state index is 10.8. The molecule has 0 atom stereocenters. The molecule has 0 saturated heterocycles. The van der Waals surface area contributed by atoms with Crippen LogP contribution in [0, 0.1) is 12.3 Å². The van der Waals surface area contributed by atoms with Crippen molar-refractivity contribution < 1.29 is 10.2 Å². The predicted molar refractivity (Wildman–Crippen MR) is 50.1 cm³/mol. The van der Waals surface area contributed by atoms with Gasteiger partial charge >= 0.3 is 0 Å². The Morgan fingerprint density at radius 2 is 2.29 bits per heavy atom. The molecule has 0 aliphatic carbocycles. The van der Waals surface area contributed by atoms with Crippen LogP contribution in [0.15, 0.2) is 6.20 Å². The van der Waals surface area contributed by atoms with Crippen LogP contribution in [0.2, 0.25) is 0 Å². The summed E-state index contributed by atoms with van der Waals surface area (Å²) in [6.45, 7) is 5.35. The van der Waals surface area contributed by atoms with Crippen molar-refractivity contribution in [2.45, 2.75) is 32.9 Å². The molecule has 0 aliphatic heterocycles. The monoisotopic (exact) mass is 196 g/mol. The highest BCUT2D eigenvalue weighted by Crippen LogP contribution is 2.11. The minimum atomic E-state index is -0.876. The van der Waals surface area contributed by atoms with Crippen molar-refractivity contribution in [2.24, 2.45) is 0 Å². The minimum absolute atomic E-state index is 0.286. The molecule has 5 heteroatoms. The second-order valence-electron chi connectivity index (χ2n) is 3.94. The molecule has 5 nitrogen and oxygen atoms in total. The standard InChI is InChI=1S/C9H15N3O2/c1-6-7(8(10)13)4-11-12(6)5-9(2,3)14/h4,14H,5H2,1-3H3,(H2,10,13)/p-1. The molecule has 2 N–H and O–H groups in total. The lowest BCUT2D eigenvalue weighted by molar-refractivity contribution is -0.214. The summed E-state index contributed by atoms with van der Waals surface area (Å²) < 4.78 is 1.53. The van der Waals surface area contributed by atoms with E-state index in [4.69, 9.17) is 5.41 Å². The minimum Gasteiger partial charge on any atom is -0.859 e. The first kappa shape index (κ1) is 10.7. The van der Waals surface area contributed by atoms with Gasteiger partial charge in [-0.1, -0.05) is 0 Å². The van der Waals surface area contributed by atoms with E-state index in [9.17, 15) is 10.2 Å². The number of aliphatic hydroxyl groups is 1. The van der Waals surface area contributed by atoms with Gasteiger partial charge in [-0.3, -0.25) is 4.68 Å². The first-order valence-corrected chi connectivity index (χ1v) is 4.32. The third-order valence-electron chi connectivity index (χ3n) is 1.88. The zero-order chi connectivity index (χ0) is 10.9. The van der Waals surface area contributed by atoms with Gasteiger partial charge < -0.3 is 15.6 Å². The van der Waals surface area contributed by atoms with Crippen molar-refractivity contribution in [3.8, 4) is 0 Å². The van der Waals surface area contributed by atoms with E-state index in [1.54, 1.807) is 20.8 Å². The Morgan fingerprint density at radius 1 is 1.71 bits per heavy atom. The van der Waals surface area contributed by atoms with Crippen LogP contribution in [0.3, 0.4) is 0 Å². The lowest BCUT2D eigenvalue weighted by atomic mass is 10.1. The van der Waals surface area contributed by atoms with Crippen LogP contribution in [0.4, 0.5) is 0 Å². The molecule has 0 fully saturated rings. The summed E-state index contributed by atoms with van der Waals surface area (Å²) in [7, 11) is 0. The average Bonchev–Trinajstić information content (AvgIpc) is 2.29. The number of rotatable bonds is 3. The van der Waals surface area contributed by atoms with Gasteiger partial charge in [0, 0.05) is 11.3 Å². The zero-order valence-electron chi connectivity index (χ0n) is 8.53. The lowest BCUT2D eigenvalue weighted by Crippen LogP contribution is -2.27. The highest BCUT2D eigenvalue weighted by molar-refractivity contribution is 5.88. The van der Waals surface area contributed by atoms with Crippen molar-refractivity contribution in [3.63, 3.8) is 0 Å². The fourth-order valence-corrected chi connectivity index (χ4v) is 1.20. The largest absolute Gasteiger partial charge is 0.859 e. The first-order valence-electron chi connectivity index (χ1n) is 4.32. The molecule has 0 aliphatic rings. The molecule has 1 aromatic heterocycles. The van der Waals surface area contributed by atoms with Gasteiger partial charge in [-0.05, 0) is 26.7 Å². The van der Waals surface area contributed by atoms with Crippen LogP contribution >= 0.6 is 0 Å². The Morgan fingerprint density at radius 3 is 2.64 bits per heavy atom. The molecule has 0 unspecified atom stereocenters. The maximum Gasteiger partial charge on any atom is 0.0786 e. The van der Waals surface area contributed by atoms with Crippen LogP contribution in [-0.4, -0.2) is 26.4 Å². The molecule has 1 aromatic rings. The van der Waals surface area contributed by atoms with Crippen LogP contribution in [-0.2, 0) is 6.54 Å². The van der Waals surface area contributed by atoms with E-state index in [1.165, 1.54) is 10.9 Å². The fraction of sp³-hybridized carbons (Fsp3) is 0.556.